The minimum atomic E-state index is -0.193. The molecule has 0 bridgehead atoms. The van der Waals surface area contributed by atoms with Gasteiger partial charge in [-0.15, -0.1) is 0 Å². The van der Waals surface area contributed by atoms with E-state index in [0.717, 1.165) is 24.2 Å². The van der Waals surface area contributed by atoms with Gasteiger partial charge in [0.1, 0.15) is 0 Å². The van der Waals surface area contributed by atoms with Crippen molar-refractivity contribution < 1.29 is 9.59 Å². The number of hydrogen-bond acceptors (Lipinski definition) is 4. The van der Waals surface area contributed by atoms with E-state index >= 15 is 0 Å². The summed E-state index contributed by atoms with van der Waals surface area (Å²) in [5, 5.41) is 5.96. The molecule has 1 aromatic rings. The number of anilines is 1. The Labute approximate surface area is 155 Å². The highest BCUT2D eigenvalue weighted by Crippen LogP contribution is 2.41. The van der Waals surface area contributed by atoms with Gasteiger partial charge in [0.2, 0.25) is 11.8 Å². The second-order valence-corrected chi connectivity index (χ2v) is 8.28. The number of benzene rings is 1. The minimum Gasteiger partial charge on any atom is -0.371 e. The van der Waals surface area contributed by atoms with E-state index in [1.54, 1.807) is 0 Å². The number of carbonyl (C=O) groups is 2. The topological polar surface area (TPSA) is 61.4 Å². The summed E-state index contributed by atoms with van der Waals surface area (Å²) in [4.78, 5) is 26.0. The van der Waals surface area contributed by atoms with Gasteiger partial charge in [0.05, 0.1) is 5.92 Å². The highest BCUT2D eigenvalue weighted by molar-refractivity contribution is 6.01. The first-order valence-electron chi connectivity index (χ1n) is 9.96. The summed E-state index contributed by atoms with van der Waals surface area (Å²) in [7, 11) is 0. The van der Waals surface area contributed by atoms with Crippen molar-refractivity contribution in [2.24, 2.45) is 5.41 Å². The van der Waals surface area contributed by atoms with Gasteiger partial charge in [-0.1, -0.05) is 6.07 Å². The van der Waals surface area contributed by atoms with Gasteiger partial charge in [-0.2, -0.15) is 0 Å². The van der Waals surface area contributed by atoms with Crippen LogP contribution in [0.1, 0.15) is 55.6 Å². The van der Waals surface area contributed by atoms with Gasteiger partial charge < -0.3 is 10.2 Å². The first-order chi connectivity index (χ1) is 12.6. The number of imide groups is 1. The van der Waals surface area contributed by atoms with Crippen LogP contribution in [0, 0.1) is 12.3 Å². The molecule has 3 saturated heterocycles. The Morgan fingerprint density at radius 1 is 1.08 bits per heavy atom. The summed E-state index contributed by atoms with van der Waals surface area (Å²) in [6.07, 6.45) is 6.24. The Kier molecular flexibility index (Phi) is 4.74. The summed E-state index contributed by atoms with van der Waals surface area (Å²) in [6, 6.07) is 6.48. The van der Waals surface area contributed by atoms with Crippen LogP contribution in [0.2, 0.25) is 0 Å². The van der Waals surface area contributed by atoms with E-state index in [4.69, 9.17) is 0 Å². The molecule has 0 radical (unpaired) electrons. The van der Waals surface area contributed by atoms with E-state index in [9.17, 15) is 9.59 Å². The average Bonchev–Trinajstić information content (AvgIpc) is 2.64. The summed E-state index contributed by atoms with van der Waals surface area (Å²) >= 11 is 0. The Hall–Kier alpha value is -1.88. The van der Waals surface area contributed by atoms with E-state index in [0.29, 0.717) is 18.3 Å². The zero-order valence-electron chi connectivity index (χ0n) is 15.6. The molecule has 1 spiro atoms. The molecule has 140 valence electrons. The highest BCUT2D eigenvalue weighted by Gasteiger charge is 2.36. The fourth-order valence-corrected chi connectivity index (χ4v) is 4.93. The van der Waals surface area contributed by atoms with Gasteiger partial charge in [0.15, 0.2) is 0 Å². The quantitative estimate of drug-likeness (QED) is 0.800. The van der Waals surface area contributed by atoms with Crippen molar-refractivity contribution in [1.82, 2.24) is 10.6 Å². The predicted molar refractivity (Wildman–Crippen MR) is 102 cm³/mol. The lowest BCUT2D eigenvalue weighted by atomic mass is 9.71. The maximum absolute atomic E-state index is 12.2. The van der Waals surface area contributed by atoms with Crippen LogP contribution in [0.4, 0.5) is 5.69 Å². The standard InChI is InChI=1S/C21H29N3O2/c1-15-14-16(2-3-17(15)18-4-5-19(25)23-20(18)26)24-12-8-21(9-13-24)6-10-22-11-7-21/h2-3,14,18,22H,4-13H2,1H3,(H,23,25,26). The van der Waals surface area contributed by atoms with Gasteiger partial charge in [-0.25, -0.2) is 0 Å². The summed E-state index contributed by atoms with van der Waals surface area (Å²) in [5.74, 6) is -0.496. The molecule has 3 heterocycles. The van der Waals surface area contributed by atoms with Crippen LogP contribution in [0.25, 0.3) is 0 Å². The van der Waals surface area contributed by atoms with Gasteiger partial charge in [0.25, 0.3) is 0 Å². The summed E-state index contributed by atoms with van der Waals surface area (Å²) < 4.78 is 0. The largest absolute Gasteiger partial charge is 0.371 e. The molecule has 0 saturated carbocycles. The average molecular weight is 355 g/mol. The molecule has 3 aliphatic heterocycles. The normalized spacial score (nSPS) is 26.0. The van der Waals surface area contributed by atoms with Crippen molar-refractivity contribution in [3.05, 3.63) is 29.3 Å². The van der Waals surface area contributed by atoms with Crippen LogP contribution < -0.4 is 15.5 Å². The lowest BCUT2D eigenvalue weighted by molar-refractivity contribution is -0.134. The predicted octanol–water partition coefficient (Wildman–Crippen LogP) is 2.49. The number of carbonyl (C=O) groups excluding carboxylic acids is 2. The molecular weight excluding hydrogens is 326 g/mol. The van der Waals surface area contributed by atoms with Crippen molar-refractivity contribution in [3.8, 4) is 0 Å². The molecule has 0 aliphatic carbocycles. The molecule has 1 atom stereocenters. The first kappa shape index (κ1) is 17.5. The number of nitrogens with one attached hydrogen (secondary N) is 2. The molecule has 0 aromatic heterocycles. The second kappa shape index (κ2) is 7.03. The van der Waals surface area contributed by atoms with Crippen LogP contribution in [-0.4, -0.2) is 38.0 Å². The third-order valence-electron chi connectivity index (χ3n) is 6.72. The highest BCUT2D eigenvalue weighted by atomic mass is 16.2. The van der Waals surface area contributed by atoms with E-state index in [-0.39, 0.29) is 17.7 Å². The Morgan fingerprint density at radius 2 is 1.81 bits per heavy atom. The molecule has 1 aromatic carbocycles. The van der Waals surface area contributed by atoms with Gasteiger partial charge in [-0.3, -0.25) is 14.9 Å². The van der Waals surface area contributed by atoms with Crippen molar-refractivity contribution in [2.75, 3.05) is 31.1 Å². The number of nitrogens with zero attached hydrogens (tertiary/aromatic N) is 1. The van der Waals surface area contributed by atoms with Crippen LogP contribution in [0.5, 0.6) is 0 Å². The van der Waals surface area contributed by atoms with Crippen LogP contribution >= 0.6 is 0 Å². The maximum atomic E-state index is 12.2. The fourth-order valence-electron chi connectivity index (χ4n) is 4.93. The minimum absolute atomic E-state index is 0.150. The monoisotopic (exact) mass is 355 g/mol. The van der Waals surface area contributed by atoms with Gasteiger partial charge in [0, 0.05) is 25.2 Å². The number of rotatable bonds is 2. The summed E-state index contributed by atoms with van der Waals surface area (Å²) in [5.41, 5.74) is 4.04. The molecular formula is C21H29N3O2. The van der Waals surface area contributed by atoms with E-state index in [1.165, 1.54) is 44.5 Å². The molecule has 5 nitrogen and oxygen atoms in total. The van der Waals surface area contributed by atoms with Crippen LogP contribution in [0.3, 0.4) is 0 Å². The van der Waals surface area contributed by atoms with Crippen LogP contribution in [-0.2, 0) is 9.59 Å². The lowest BCUT2D eigenvalue weighted by Crippen LogP contribution is -2.45. The van der Waals surface area contributed by atoms with E-state index < -0.39 is 0 Å². The number of piperidine rings is 3. The Bertz CT molecular complexity index is 699. The van der Waals surface area contributed by atoms with E-state index in [2.05, 4.69) is 40.7 Å². The molecule has 2 N–H and O–H groups in total. The lowest BCUT2D eigenvalue weighted by Gasteiger charge is -2.45. The SMILES string of the molecule is Cc1cc(N2CCC3(CCNCC3)CC2)ccc1C1CCC(=O)NC1=O. The molecule has 26 heavy (non-hydrogen) atoms. The molecule has 1 unspecified atom stereocenters. The van der Waals surface area contributed by atoms with Crippen molar-refractivity contribution >= 4 is 17.5 Å². The summed E-state index contributed by atoms with van der Waals surface area (Å²) in [6.45, 7) is 6.66. The smallest absolute Gasteiger partial charge is 0.234 e. The Morgan fingerprint density at radius 3 is 2.46 bits per heavy atom. The number of hydrogen-bond donors (Lipinski definition) is 2. The van der Waals surface area contributed by atoms with Crippen molar-refractivity contribution in [1.29, 1.82) is 0 Å². The Balaban J connectivity index is 1.45. The van der Waals surface area contributed by atoms with E-state index in [1.807, 2.05) is 0 Å². The fraction of sp³-hybridized carbons (Fsp3) is 0.619. The maximum Gasteiger partial charge on any atom is 0.234 e. The molecule has 3 aliphatic rings. The van der Waals surface area contributed by atoms with Crippen molar-refractivity contribution in [3.63, 3.8) is 0 Å². The second-order valence-electron chi connectivity index (χ2n) is 8.28. The number of aryl methyl sites for hydroxylation is 1. The molecule has 5 heteroatoms. The molecule has 2 amide bonds. The zero-order valence-corrected chi connectivity index (χ0v) is 15.6. The molecule has 4 rings (SSSR count). The third kappa shape index (κ3) is 3.37. The van der Waals surface area contributed by atoms with Crippen LogP contribution in [0.15, 0.2) is 18.2 Å². The van der Waals surface area contributed by atoms with Gasteiger partial charge >= 0.3 is 0 Å². The molecule has 3 fully saturated rings. The first-order valence-corrected chi connectivity index (χ1v) is 9.96. The number of amides is 2. The third-order valence-corrected chi connectivity index (χ3v) is 6.72. The van der Waals surface area contributed by atoms with Gasteiger partial charge in [-0.05, 0) is 80.8 Å². The zero-order chi connectivity index (χ0) is 18.1. The van der Waals surface area contributed by atoms with Crippen molar-refractivity contribution in [2.45, 2.75) is 51.4 Å².